The largest absolute Gasteiger partial charge is 0.351 e. The molecule has 5 heteroatoms. The quantitative estimate of drug-likeness (QED) is 0.821. The molecule has 0 spiro atoms. The van der Waals surface area contributed by atoms with Gasteiger partial charge in [0.2, 0.25) is 0 Å². The first-order chi connectivity index (χ1) is 10.5. The van der Waals surface area contributed by atoms with E-state index < -0.39 is 5.82 Å². The maximum atomic E-state index is 14.2. The van der Waals surface area contributed by atoms with Crippen molar-refractivity contribution < 1.29 is 9.18 Å². The average molecular weight is 337 g/mol. The number of aryl methyl sites for hydroxylation is 2. The van der Waals surface area contributed by atoms with E-state index in [-0.39, 0.29) is 23.9 Å². The van der Waals surface area contributed by atoms with E-state index in [9.17, 15) is 9.18 Å². The molecule has 23 heavy (non-hydrogen) atoms. The lowest BCUT2D eigenvalue weighted by Crippen LogP contribution is -2.30. The summed E-state index contributed by atoms with van der Waals surface area (Å²) in [5, 5.41) is 5.60. The number of carbonyl (C=O) groups excluding carboxylic acids is 1. The number of nitrogens with one attached hydrogen (secondary N) is 2. The van der Waals surface area contributed by atoms with Crippen molar-refractivity contribution in [3.63, 3.8) is 0 Å². The van der Waals surface area contributed by atoms with E-state index in [1.807, 2.05) is 32.0 Å². The SMILES string of the molecule is CNCCNC(=O)c1ccc(-c2ccc(C)c(C)c2)cc1F.Cl. The Labute approximate surface area is 142 Å². The number of benzene rings is 2. The zero-order valence-corrected chi connectivity index (χ0v) is 14.4. The van der Waals surface area contributed by atoms with Gasteiger partial charge in [0.25, 0.3) is 5.91 Å². The summed E-state index contributed by atoms with van der Waals surface area (Å²) in [6.07, 6.45) is 0. The van der Waals surface area contributed by atoms with Gasteiger partial charge >= 0.3 is 0 Å². The minimum Gasteiger partial charge on any atom is -0.351 e. The Morgan fingerprint density at radius 2 is 1.65 bits per heavy atom. The van der Waals surface area contributed by atoms with Crippen LogP contribution in [0.5, 0.6) is 0 Å². The summed E-state index contributed by atoms with van der Waals surface area (Å²) in [6.45, 7) is 5.18. The zero-order chi connectivity index (χ0) is 16.1. The van der Waals surface area contributed by atoms with E-state index in [0.29, 0.717) is 13.1 Å². The summed E-state index contributed by atoms with van der Waals surface area (Å²) in [7, 11) is 1.80. The third kappa shape index (κ3) is 4.78. The van der Waals surface area contributed by atoms with Gasteiger partial charge in [0, 0.05) is 13.1 Å². The standard InChI is InChI=1S/C18H21FN2O.ClH/c1-12-4-5-14(10-13(12)2)15-6-7-16(17(19)11-15)18(22)21-9-8-20-3;/h4-7,10-11,20H,8-9H2,1-3H3,(H,21,22);1H. The van der Waals surface area contributed by atoms with Crippen LogP contribution in [0, 0.1) is 19.7 Å². The molecule has 2 rings (SSSR count). The van der Waals surface area contributed by atoms with Crippen LogP contribution in [-0.4, -0.2) is 26.0 Å². The molecule has 0 heterocycles. The van der Waals surface area contributed by atoms with Gasteiger partial charge in [-0.2, -0.15) is 0 Å². The molecule has 0 aliphatic heterocycles. The Morgan fingerprint density at radius 3 is 2.26 bits per heavy atom. The van der Waals surface area contributed by atoms with E-state index in [4.69, 9.17) is 0 Å². The molecule has 3 nitrogen and oxygen atoms in total. The molecule has 0 aromatic heterocycles. The first-order valence-corrected chi connectivity index (χ1v) is 7.33. The summed E-state index contributed by atoms with van der Waals surface area (Å²) >= 11 is 0. The highest BCUT2D eigenvalue weighted by Gasteiger charge is 2.12. The number of hydrogen-bond acceptors (Lipinski definition) is 2. The monoisotopic (exact) mass is 336 g/mol. The highest BCUT2D eigenvalue weighted by atomic mass is 35.5. The molecule has 0 bridgehead atoms. The molecular formula is C18H22ClFN2O. The van der Waals surface area contributed by atoms with Crippen molar-refractivity contribution in [2.75, 3.05) is 20.1 Å². The number of hydrogen-bond donors (Lipinski definition) is 2. The van der Waals surface area contributed by atoms with Crippen molar-refractivity contribution in [1.82, 2.24) is 10.6 Å². The Bertz CT molecular complexity index is 689. The van der Waals surface area contributed by atoms with Crippen LogP contribution in [-0.2, 0) is 0 Å². The Hall–Kier alpha value is -1.91. The minimum atomic E-state index is -0.502. The summed E-state index contributed by atoms with van der Waals surface area (Å²) in [4.78, 5) is 11.9. The molecular weight excluding hydrogens is 315 g/mol. The predicted molar refractivity (Wildman–Crippen MR) is 94.8 cm³/mol. The van der Waals surface area contributed by atoms with E-state index in [2.05, 4.69) is 10.6 Å². The summed E-state index contributed by atoms with van der Waals surface area (Å²) in [6, 6.07) is 10.7. The molecule has 2 N–H and O–H groups in total. The van der Waals surface area contributed by atoms with Gasteiger partial charge in [-0.25, -0.2) is 4.39 Å². The van der Waals surface area contributed by atoms with Gasteiger partial charge in [-0.05, 0) is 55.3 Å². The van der Waals surface area contributed by atoms with Crippen LogP contribution < -0.4 is 10.6 Å². The smallest absolute Gasteiger partial charge is 0.254 e. The van der Waals surface area contributed by atoms with E-state index in [0.717, 1.165) is 16.7 Å². The molecule has 0 aliphatic carbocycles. The van der Waals surface area contributed by atoms with Gasteiger partial charge in [-0.3, -0.25) is 4.79 Å². The summed E-state index contributed by atoms with van der Waals surface area (Å²) in [5.41, 5.74) is 4.15. The summed E-state index contributed by atoms with van der Waals surface area (Å²) in [5.74, 6) is -0.892. The summed E-state index contributed by atoms with van der Waals surface area (Å²) < 4.78 is 14.2. The molecule has 0 unspecified atom stereocenters. The second-order valence-electron chi connectivity index (χ2n) is 5.35. The van der Waals surface area contributed by atoms with Crippen LogP contribution in [0.15, 0.2) is 36.4 Å². The van der Waals surface area contributed by atoms with Gasteiger partial charge in [0.05, 0.1) is 5.56 Å². The molecule has 0 saturated heterocycles. The molecule has 1 amide bonds. The Morgan fingerprint density at radius 1 is 1.00 bits per heavy atom. The van der Waals surface area contributed by atoms with Gasteiger partial charge in [-0.15, -0.1) is 12.4 Å². The predicted octanol–water partition coefficient (Wildman–Crippen LogP) is 3.48. The molecule has 124 valence electrons. The average Bonchev–Trinajstić information content (AvgIpc) is 2.50. The lowest BCUT2D eigenvalue weighted by Gasteiger charge is -2.09. The van der Waals surface area contributed by atoms with Crippen LogP contribution in [0.4, 0.5) is 4.39 Å². The number of carbonyl (C=O) groups is 1. The maximum absolute atomic E-state index is 14.2. The third-order valence-electron chi connectivity index (χ3n) is 3.71. The van der Waals surface area contributed by atoms with Crippen molar-refractivity contribution in [3.05, 3.63) is 58.9 Å². The van der Waals surface area contributed by atoms with Crippen LogP contribution in [0.1, 0.15) is 21.5 Å². The first-order valence-electron chi connectivity index (χ1n) is 7.33. The van der Waals surface area contributed by atoms with Crippen molar-refractivity contribution in [1.29, 1.82) is 0 Å². The second-order valence-corrected chi connectivity index (χ2v) is 5.35. The molecule has 2 aromatic rings. The van der Waals surface area contributed by atoms with Crippen LogP contribution in [0.3, 0.4) is 0 Å². The van der Waals surface area contributed by atoms with E-state index >= 15 is 0 Å². The Balaban J connectivity index is 0.00000264. The molecule has 2 aromatic carbocycles. The molecule has 0 fully saturated rings. The van der Waals surface area contributed by atoms with E-state index in [1.165, 1.54) is 17.7 Å². The molecule has 0 saturated carbocycles. The van der Waals surface area contributed by atoms with Crippen molar-refractivity contribution >= 4 is 18.3 Å². The number of likely N-dealkylation sites (N-methyl/N-ethyl adjacent to an activating group) is 1. The third-order valence-corrected chi connectivity index (χ3v) is 3.71. The molecule has 0 aliphatic rings. The maximum Gasteiger partial charge on any atom is 0.254 e. The normalized spacial score (nSPS) is 10.1. The fourth-order valence-electron chi connectivity index (χ4n) is 2.20. The fraction of sp³-hybridized carbons (Fsp3) is 0.278. The second kappa shape index (κ2) is 8.65. The number of rotatable bonds is 5. The number of amides is 1. The molecule has 0 atom stereocenters. The first kappa shape index (κ1) is 19.1. The zero-order valence-electron chi connectivity index (χ0n) is 13.6. The minimum absolute atomic E-state index is 0. The lowest BCUT2D eigenvalue weighted by molar-refractivity contribution is 0.0950. The topological polar surface area (TPSA) is 41.1 Å². The van der Waals surface area contributed by atoms with Gasteiger partial charge in [-0.1, -0.05) is 24.3 Å². The highest BCUT2D eigenvalue weighted by molar-refractivity contribution is 5.95. The van der Waals surface area contributed by atoms with E-state index in [1.54, 1.807) is 13.1 Å². The van der Waals surface area contributed by atoms with Crippen LogP contribution in [0.2, 0.25) is 0 Å². The van der Waals surface area contributed by atoms with Crippen molar-refractivity contribution in [2.45, 2.75) is 13.8 Å². The Kier molecular flexibility index (Phi) is 7.20. The lowest BCUT2D eigenvalue weighted by atomic mass is 9.99. The van der Waals surface area contributed by atoms with Gasteiger partial charge in [0.1, 0.15) is 5.82 Å². The van der Waals surface area contributed by atoms with Gasteiger partial charge in [0.15, 0.2) is 0 Å². The van der Waals surface area contributed by atoms with Crippen molar-refractivity contribution in [3.8, 4) is 11.1 Å². The van der Waals surface area contributed by atoms with Crippen molar-refractivity contribution in [2.24, 2.45) is 0 Å². The molecule has 0 radical (unpaired) electrons. The number of halogens is 2. The van der Waals surface area contributed by atoms with Gasteiger partial charge < -0.3 is 10.6 Å². The van der Waals surface area contributed by atoms with Crippen LogP contribution in [0.25, 0.3) is 11.1 Å². The fourth-order valence-corrected chi connectivity index (χ4v) is 2.20. The van der Waals surface area contributed by atoms with Crippen LogP contribution >= 0.6 is 12.4 Å². The highest BCUT2D eigenvalue weighted by Crippen LogP contribution is 2.24.